The zero-order valence-corrected chi connectivity index (χ0v) is 18.8. The Hall–Kier alpha value is -4.77. The van der Waals surface area contributed by atoms with Crippen molar-refractivity contribution in [2.45, 2.75) is 0 Å². The van der Waals surface area contributed by atoms with E-state index in [2.05, 4.69) is 5.32 Å². The summed E-state index contributed by atoms with van der Waals surface area (Å²) in [6.45, 7) is 0. The number of amides is 2. The average molecular weight is 455 g/mol. The van der Waals surface area contributed by atoms with Gasteiger partial charge < -0.3 is 19.5 Å². The highest BCUT2D eigenvalue weighted by Crippen LogP contribution is 2.38. The van der Waals surface area contributed by atoms with Gasteiger partial charge in [-0.05, 0) is 54.1 Å². The lowest BCUT2D eigenvalue weighted by molar-refractivity contribution is -0.120. The first-order valence-electron chi connectivity index (χ1n) is 10.3. The molecule has 0 aliphatic carbocycles. The summed E-state index contributed by atoms with van der Waals surface area (Å²) in [4.78, 5) is 28.3. The number of carbonyl (C=O) groups is 2. The highest BCUT2D eigenvalue weighted by atomic mass is 16.5. The minimum Gasteiger partial charge on any atom is -0.495 e. The molecule has 3 aromatic carbocycles. The number of para-hydroxylation sites is 2. The van der Waals surface area contributed by atoms with Crippen LogP contribution in [0.3, 0.4) is 0 Å². The van der Waals surface area contributed by atoms with E-state index in [0.29, 0.717) is 39.8 Å². The molecule has 0 fully saturated rings. The molecule has 8 nitrogen and oxygen atoms in total. The second kappa shape index (κ2) is 9.38. The first-order valence-corrected chi connectivity index (χ1v) is 10.3. The fraction of sp³-hybridized carbons (Fsp3) is 0.115. The predicted octanol–water partition coefficient (Wildman–Crippen LogP) is 3.98. The molecule has 0 radical (unpaired) electrons. The Balaban J connectivity index is 1.86. The van der Waals surface area contributed by atoms with Gasteiger partial charge in [0.15, 0.2) is 11.5 Å². The molecule has 0 spiro atoms. The quantitative estimate of drug-likeness (QED) is 0.538. The van der Waals surface area contributed by atoms with Gasteiger partial charge >= 0.3 is 0 Å². The van der Waals surface area contributed by atoms with E-state index >= 15 is 0 Å². The van der Waals surface area contributed by atoms with E-state index in [4.69, 9.17) is 19.5 Å². The van der Waals surface area contributed by atoms with Crippen LogP contribution in [0.5, 0.6) is 17.2 Å². The highest BCUT2D eigenvalue weighted by Gasteiger charge is 2.40. The highest BCUT2D eigenvalue weighted by molar-refractivity contribution is 6.46. The fourth-order valence-corrected chi connectivity index (χ4v) is 3.71. The number of hydrogen-bond acceptors (Lipinski definition) is 7. The third-order valence-electron chi connectivity index (χ3n) is 5.38. The molecule has 8 heteroatoms. The molecule has 2 amide bonds. The molecule has 1 heterocycles. The van der Waals surface area contributed by atoms with Crippen molar-refractivity contribution in [3.05, 3.63) is 83.6 Å². The summed E-state index contributed by atoms with van der Waals surface area (Å²) in [6, 6.07) is 20.4. The van der Waals surface area contributed by atoms with Gasteiger partial charge in [-0.15, -0.1) is 0 Å². The molecular formula is C26H21N3O5. The molecule has 4 rings (SSSR count). The summed E-state index contributed by atoms with van der Waals surface area (Å²) in [5.74, 6) is 0.372. The summed E-state index contributed by atoms with van der Waals surface area (Å²) in [5, 5.41) is 12.2. The Bertz CT molecular complexity index is 1340. The molecule has 34 heavy (non-hydrogen) atoms. The lowest BCUT2D eigenvalue weighted by atomic mass is 10.0. The Morgan fingerprint density at radius 2 is 1.47 bits per heavy atom. The van der Waals surface area contributed by atoms with Crippen LogP contribution >= 0.6 is 0 Å². The van der Waals surface area contributed by atoms with Crippen molar-refractivity contribution in [3.8, 4) is 23.3 Å². The number of rotatable bonds is 7. The Morgan fingerprint density at radius 1 is 0.794 bits per heavy atom. The Labute approximate surface area is 196 Å². The number of imide groups is 1. The van der Waals surface area contributed by atoms with Crippen molar-refractivity contribution in [2.24, 2.45) is 0 Å². The summed E-state index contributed by atoms with van der Waals surface area (Å²) in [5.41, 5.74) is 2.03. The summed E-state index contributed by atoms with van der Waals surface area (Å²) < 4.78 is 16.1. The van der Waals surface area contributed by atoms with Crippen LogP contribution in [0, 0.1) is 11.3 Å². The van der Waals surface area contributed by atoms with Gasteiger partial charge in [0.1, 0.15) is 11.4 Å². The van der Waals surface area contributed by atoms with Gasteiger partial charge in [-0.2, -0.15) is 5.26 Å². The SMILES string of the molecule is COc1ccccc1NC1=C(c2ccc(OC)c(OC)c2)C(=O)N(c2ccc(C#N)cc2)C1=O. The number of benzene rings is 3. The monoisotopic (exact) mass is 455 g/mol. The average Bonchev–Trinajstić information content (AvgIpc) is 3.12. The summed E-state index contributed by atoms with van der Waals surface area (Å²) >= 11 is 0. The molecule has 1 N–H and O–H groups in total. The molecule has 0 saturated heterocycles. The van der Waals surface area contributed by atoms with Crippen molar-refractivity contribution in [2.75, 3.05) is 31.5 Å². The second-order valence-electron chi connectivity index (χ2n) is 7.25. The van der Waals surface area contributed by atoms with E-state index in [1.54, 1.807) is 66.7 Å². The number of methoxy groups -OCH3 is 3. The van der Waals surface area contributed by atoms with Crippen LogP contribution in [0.4, 0.5) is 11.4 Å². The van der Waals surface area contributed by atoms with Gasteiger partial charge in [0, 0.05) is 0 Å². The van der Waals surface area contributed by atoms with Crippen LogP contribution < -0.4 is 24.4 Å². The number of nitrogens with zero attached hydrogens (tertiary/aromatic N) is 2. The number of anilines is 2. The van der Waals surface area contributed by atoms with E-state index in [0.717, 1.165) is 4.90 Å². The van der Waals surface area contributed by atoms with E-state index in [9.17, 15) is 9.59 Å². The molecule has 0 aromatic heterocycles. The zero-order valence-electron chi connectivity index (χ0n) is 18.8. The molecule has 3 aromatic rings. The number of nitriles is 1. The fourth-order valence-electron chi connectivity index (χ4n) is 3.71. The van der Waals surface area contributed by atoms with Gasteiger partial charge in [0.05, 0.1) is 49.9 Å². The van der Waals surface area contributed by atoms with Gasteiger partial charge in [-0.3, -0.25) is 9.59 Å². The maximum absolute atomic E-state index is 13.6. The van der Waals surface area contributed by atoms with Crippen LogP contribution in [0.1, 0.15) is 11.1 Å². The number of carbonyl (C=O) groups excluding carboxylic acids is 2. The molecule has 1 aliphatic heterocycles. The summed E-state index contributed by atoms with van der Waals surface area (Å²) in [7, 11) is 4.53. The van der Waals surface area contributed by atoms with Crippen molar-refractivity contribution < 1.29 is 23.8 Å². The third-order valence-corrected chi connectivity index (χ3v) is 5.38. The van der Waals surface area contributed by atoms with Crippen molar-refractivity contribution in [1.29, 1.82) is 5.26 Å². The second-order valence-corrected chi connectivity index (χ2v) is 7.25. The number of nitrogens with one attached hydrogen (secondary N) is 1. The van der Waals surface area contributed by atoms with E-state index in [1.165, 1.54) is 21.3 Å². The van der Waals surface area contributed by atoms with Gasteiger partial charge in [-0.1, -0.05) is 18.2 Å². The minimum absolute atomic E-state index is 0.0890. The maximum Gasteiger partial charge on any atom is 0.282 e. The molecule has 0 unspecified atom stereocenters. The molecule has 0 saturated carbocycles. The number of ether oxygens (including phenoxy) is 3. The van der Waals surface area contributed by atoms with Crippen LogP contribution in [-0.4, -0.2) is 33.1 Å². The predicted molar refractivity (Wildman–Crippen MR) is 127 cm³/mol. The van der Waals surface area contributed by atoms with Crippen LogP contribution in [0.25, 0.3) is 5.57 Å². The van der Waals surface area contributed by atoms with E-state index in [-0.39, 0.29) is 11.3 Å². The summed E-state index contributed by atoms with van der Waals surface area (Å²) in [6.07, 6.45) is 0. The van der Waals surface area contributed by atoms with Crippen LogP contribution in [-0.2, 0) is 9.59 Å². The molecule has 0 bridgehead atoms. The first kappa shape index (κ1) is 22.4. The normalized spacial score (nSPS) is 13.1. The Kier molecular flexibility index (Phi) is 6.19. The maximum atomic E-state index is 13.6. The van der Waals surface area contributed by atoms with Crippen molar-refractivity contribution >= 4 is 28.8 Å². The Morgan fingerprint density at radius 3 is 2.12 bits per heavy atom. The van der Waals surface area contributed by atoms with Crippen LogP contribution in [0.2, 0.25) is 0 Å². The van der Waals surface area contributed by atoms with Gasteiger partial charge in [0.2, 0.25) is 0 Å². The van der Waals surface area contributed by atoms with Crippen molar-refractivity contribution in [3.63, 3.8) is 0 Å². The van der Waals surface area contributed by atoms with E-state index in [1.807, 2.05) is 6.07 Å². The third kappa shape index (κ3) is 3.91. The standard InChI is InChI=1S/C26H21N3O5/c1-32-20-7-5-4-6-19(20)28-24-23(17-10-13-21(33-2)22(14-17)34-3)25(30)29(26(24)31)18-11-8-16(15-27)9-12-18/h4-14,28H,1-3H3. The molecule has 170 valence electrons. The van der Waals surface area contributed by atoms with Gasteiger partial charge in [-0.25, -0.2) is 4.90 Å². The van der Waals surface area contributed by atoms with E-state index < -0.39 is 11.8 Å². The molecule has 1 aliphatic rings. The lowest BCUT2D eigenvalue weighted by Gasteiger charge is -2.16. The van der Waals surface area contributed by atoms with Crippen molar-refractivity contribution in [1.82, 2.24) is 0 Å². The van der Waals surface area contributed by atoms with Gasteiger partial charge in [0.25, 0.3) is 11.8 Å². The number of hydrogen-bond donors (Lipinski definition) is 1. The lowest BCUT2D eigenvalue weighted by Crippen LogP contribution is -2.32. The zero-order chi connectivity index (χ0) is 24.2. The minimum atomic E-state index is -0.537. The first-order chi connectivity index (χ1) is 16.5. The smallest absolute Gasteiger partial charge is 0.282 e. The molecule has 0 atom stereocenters. The molecular weight excluding hydrogens is 434 g/mol. The topological polar surface area (TPSA) is 101 Å². The van der Waals surface area contributed by atoms with Crippen LogP contribution in [0.15, 0.2) is 72.4 Å². The largest absolute Gasteiger partial charge is 0.495 e.